The Hall–Kier alpha value is -2.11. The van der Waals surface area contributed by atoms with E-state index in [1.807, 2.05) is 31.2 Å². The largest absolute Gasteiger partial charge is 0.399 e. The van der Waals surface area contributed by atoms with Gasteiger partial charge in [0.05, 0.1) is 6.04 Å². The van der Waals surface area contributed by atoms with Gasteiger partial charge in [0, 0.05) is 12.7 Å². The SMILES string of the molecule is CC(Nc1nnnn1C)c1cccc(N)c1. The topological polar surface area (TPSA) is 81.7 Å². The number of hydrogen-bond acceptors (Lipinski definition) is 5. The molecule has 0 aliphatic heterocycles. The molecule has 1 aromatic carbocycles. The third kappa shape index (κ3) is 2.10. The number of benzene rings is 1. The minimum atomic E-state index is 0.105. The summed E-state index contributed by atoms with van der Waals surface area (Å²) in [7, 11) is 1.79. The first-order valence-electron chi connectivity index (χ1n) is 5.01. The maximum atomic E-state index is 5.73. The van der Waals surface area contributed by atoms with Crippen LogP contribution < -0.4 is 11.1 Å². The van der Waals surface area contributed by atoms with Gasteiger partial charge in [-0.2, -0.15) is 0 Å². The molecule has 2 aromatic rings. The molecule has 6 heteroatoms. The molecule has 1 atom stereocenters. The number of hydrogen-bond donors (Lipinski definition) is 2. The first kappa shape index (κ1) is 10.4. The lowest BCUT2D eigenvalue weighted by atomic mass is 10.1. The molecule has 84 valence electrons. The summed E-state index contributed by atoms with van der Waals surface area (Å²) in [6.07, 6.45) is 0. The van der Waals surface area contributed by atoms with E-state index >= 15 is 0 Å². The van der Waals surface area contributed by atoms with Crippen LogP contribution in [0.4, 0.5) is 11.6 Å². The van der Waals surface area contributed by atoms with Crippen molar-refractivity contribution in [2.45, 2.75) is 13.0 Å². The Bertz CT molecular complexity index is 478. The zero-order valence-corrected chi connectivity index (χ0v) is 9.25. The highest BCUT2D eigenvalue weighted by Crippen LogP contribution is 2.18. The number of aromatic nitrogens is 4. The fraction of sp³-hybridized carbons (Fsp3) is 0.300. The van der Waals surface area contributed by atoms with Gasteiger partial charge in [-0.05, 0) is 35.0 Å². The number of aryl methyl sites for hydroxylation is 1. The molecule has 6 nitrogen and oxygen atoms in total. The average molecular weight is 218 g/mol. The van der Waals surface area contributed by atoms with E-state index in [0.717, 1.165) is 11.3 Å². The van der Waals surface area contributed by atoms with E-state index in [-0.39, 0.29) is 6.04 Å². The van der Waals surface area contributed by atoms with Crippen LogP contribution in [0.2, 0.25) is 0 Å². The van der Waals surface area contributed by atoms with Crippen molar-refractivity contribution >= 4 is 11.6 Å². The van der Waals surface area contributed by atoms with E-state index in [9.17, 15) is 0 Å². The van der Waals surface area contributed by atoms with Crippen molar-refractivity contribution in [3.05, 3.63) is 29.8 Å². The molecule has 0 radical (unpaired) electrons. The van der Waals surface area contributed by atoms with Crippen LogP contribution in [0.25, 0.3) is 0 Å². The Morgan fingerprint density at radius 2 is 2.25 bits per heavy atom. The fourth-order valence-electron chi connectivity index (χ4n) is 1.46. The summed E-state index contributed by atoms with van der Waals surface area (Å²) in [4.78, 5) is 0. The number of nitrogens with two attached hydrogens (primary N) is 1. The van der Waals surface area contributed by atoms with Gasteiger partial charge in [-0.25, -0.2) is 4.68 Å². The number of rotatable bonds is 3. The number of nitrogen functional groups attached to an aromatic ring is 1. The molecule has 0 bridgehead atoms. The standard InChI is InChI=1S/C10H14N6/c1-7(8-4-3-5-9(11)6-8)12-10-13-14-15-16(10)2/h3-7H,11H2,1-2H3,(H,12,13,15). The Balaban J connectivity index is 2.14. The van der Waals surface area contributed by atoms with E-state index in [2.05, 4.69) is 20.8 Å². The predicted molar refractivity (Wildman–Crippen MR) is 61.7 cm³/mol. The van der Waals surface area contributed by atoms with Crippen LogP contribution in [0.1, 0.15) is 18.5 Å². The molecule has 0 fully saturated rings. The predicted octanol–water partition coefficient (Wildman–Crippen LogP) is 0.965. The smallest absolute Gasteiger partial charge is 0.243 e. The van der Waals surface area contributed by atoms with Crippen LogP contribution in [0.15, 0.2) is 24.3 Å². The molecule has 1 aromatic heterocycles. The molecular formula is C10H14N6. The lowest BCUT2D eigenvalue weighted by Gasteiger charge is -2.14. The minimum absolute atomic E-state index is 0.105. The summed E-state index contributed by atoms with van der Waals surface area (Å²) in [5.74, 6) is 0.634. The van der Waals surface area contributed by atoms with Crippen molar-refractivity contribution in [3.63, 3.8) is 0 Å². The van der Waals surface area contributed by atoms with Crippen LogP contribution in [-0.2, 0) is 7.05 Å². The van der Waals surface area contributed by atoms with E-state index < -0.39 is 0 Å². The van der Waals surface area contributed by atoms with E-state index in [4.69, 9.17) is 5.73 Å². The van der Waals surface area contributed by atoms with Gasteiger partial charge in [0.15, 0.2) is 0 Å². The van der Waals surface area contributed by atoms with Gasteiger partial charge in [-0.15, -0.1) is 0 Å². The zero-order valence-electron chi connectivity index (χ0n) is 9.25. The lowest BCUT2D eigenvalue weighted by Crippen LogP contribution is -2.11. The van der Waals surface area contributed by atoms with Crippen molar-refractivity contribution < 1.29 is 0 Å². The van der Waals surface area contributed by atoms with Crippen LogP contribution in [0.5, 0.6) is 0 Å². The first-order valence-corrected chi connectivity index (χ1v) is 5.01. The summed E-state index contributed by atoms with van der Waals surface area (Å²) in [5, 5.41) is 14.4. The molecule has 1 heterocycles. The van der Waals surface area contributed by atoms with Crippen molar-refractivity contribution in [2.24, 2.45) is 7.05 Å². The van der Waals surface area contributed by atoms with Crippen LogP contribution in [0.3, 0.4) is 0 Å². The number of nitrogens with zero attached hydrogens (tertiary/aromatic N) is 4. The third-order valence-electron chi connectivity index (χ3n) is 2.38. The number of nitrogens with one attached hydrogen (secondary N) is 1. The lowest BCUT2D eigenvalue weighted by molar-refractivity contribution is 0.706. The molecule has 0 saturated carbocycles. The quantitative estimate of drug-likeness (QED) is 0.750. The molecule has 16 heavy (non-hydrogen) atoms. The Morgan fingerprint density at radius 3 is 2.88 bits per heavy atom. The zero-order chi connectivity index (χ0) is 11.5. The third-order valence-corrected chi connectivity index (χ3v) is 2.38. The second-order valence-electron chi connectivity index (χ2n) is 3.66. The van der Waals surface area contributed by atoms with Gasteiger partial charge in [0.25, 0.3) is 0 Å². The van der Waals surface area contributed by atoms with Gasteiger partial charge in [0.2, 0.25) is 5.95 Å². The van der Waals surface area contributed by atoms with Gasteiger partial charge >= 0.3 is 0 Å². The fourth-order valence-corrected chi connectivity index (χ4v) is 1.46. The Morgan fingerprint density at radius 1 is 1.44 bits per heavy atom. The highest BCUT2D eigenvalue weighted by atomic mass is 15.6. The molecule has 1 unspecified atom stereocenters. The average Bonchev–Trinajstić information content (AvgIpc) is 2.64. The monoisotopic (exact) mass is 218 g/mol. The maximum absolute atomic E-state index is 5.73. The van der Waals surface area contributed by atoms with Gasteiger partial charge in [-0.3, -0.25) is 0 Å². The molecule has 2 rings (SSSR count). The number of tetrazole rings is 1. The van der Waals surface area contributed by atoms with Crippen molar-refractivity contribution in [2.75, 3.05) is 11.1 Å². The van der Waals surface area contributed by atoms with Crippen molar-refractivity contribution in [1.29, 1.82) is 0 Å². The minimum Gasteiger partial charge on any atom is -0.399 e. The number of anilines is 2. The summed E-state index contributed by atoms with van der Waals surface area (Å²) in [6.45, 7) is 2.03. The van der Waals surface area contributed by atoms with E-state index in [1.54, 1.807) is 11.7 Å². The summed E-state index contributed by atoms with van der Waals surface area (Å²) in [6, 6.07) is 7.84. The Kier molecular flexibility index (Phi) is 2.72. The highest BCUT2D eigenvalue weighted by molar-refractivity contribution is 5.43. The van der Waals surface area contributed by atoms with E-state index in [1.165, 1.54) is 0 Å². The normalized spacial score (nSPS) is 12.4. The van der Waals surface area contributed by atoms with Gasteiger partial charge in [0.1, 0.15) is 0 Å². The highest BCUT2D eigenvalue weighted by Gasteiger charge is 2.09. The molecule has 0 amide bonds. The van der Waals surface area contributed by atoms with E-state index in [0.29, 0.717) is 5.95 Å². The molecule has 0 aliphatic rings. The molecular weight excluding hydrogens is 204 g/mol. The van der Waals surface area contributed by atoms with Crippen molar-refractivity contribution in [1.82, 2.24) is 20.2 Å². The van der Waals surface area contributed by atoms with Gasteiger partial charge in [-0.1, -0.05) is 17.2 Å². The second-order valence-corrected chi connectivity index (χ2v) is 3.66. The maximum Gasteiger partial charge on any atom is 0.243 e. The molecule has 0 saturated heterocycles. The van der Waals surface area contributed by atoms with Crippen LogP contribution in [0, 0.1) is 0 Å². The Labute approximate surface area is 93.5 Å². The van der Waals surface area contributed by atoms with Crippen LogP contribution >= 0.6 is 0 Å². The van der Waals surface area contributed by atoms with Crippen molar-refractivity contribution in [3.8, 4) is 0 Å². The second kappa shape index (κ2) is 4.18. The van der Waals surface area contributed by atoms with Gasteiger partial charge < -0.3 is 11.1 Å². The summed E-state index contributed by atoms with van der Waals surface area (Å²) in [5.41, 5.74) is 7.58. The molecule has 0 aliphatic carbocycles. The van der Waals surface area contributed by atoms with Crippen LogP contribution in [-0.4, -0.2) is 20.2 Å². The summed E-state index contributed by atoms with van der Waals surface area (Å²) < 4.78 is 1.59. The molecule has 3 N–H and O–H groups in total. The summed E-state index contributed by atoms with van der Waals surface area (Å²) >= 11 is 0. The molecule has 0 spiro atoms. The first-order chi connectivity index (χ1) is 7.66.